The highest BCUT2D eigenvalue weighted by molar-refractivity contribution is 6.30. The number of aryl methyl sites for hydroxylation is 2. The zero-order valence-corrected chi connectivity index (χ0v) is 13.5. The normalized spacial score (nSPS) is 10.7. The second-order valence-electron chi connectivity index (χ2n) is 5.14. The zero-order valence-electron chi connectivity index (χ0n) is 12.7. The molecule has 0 atom stereocenters. The molecule has 21 heavy (non-hydrogen) atoms. The van der Waals surface area contributed by atoms with Gasteiger partial charge in [-0.05, 0) is 62.2 Å². The van der Waals surface area contributed by atoms with Crippen molar-refractivity contribution in [2.75, 3.05) is 6.54 Å². The third-order valence-corrected chi connectivity index (χ3v) is 3.33. The van der Waals surface area contributed by atoms with Crippen LogP contribution in [0.3, 0.4) is 0 Å². The van der Waals surface area contributed by atoms with Crippen LogP contribution in [0.4, 0.5) is 0 Å². The van der Waals surface area contributed by atoms with E-state index in [4.69, 9.17) is 16.3 Å². The largest absolute Gasteiger partial charge is 0.439 e. The van der Waals surface area contributed by atoms with E-state index in [-0.39, 0.29) is 0 Å². The molecule has 0 spiro atoms. The Hall–Kier alpha value is -1.58. The van der Waals surface area contributed by atoms with Gasteiger partial charge in [-0.15, -0.1) is 0 Å². The summed E-state index contributed by atoms with van der Waals surface area (Å²) >= 11 is 5.96. The van der Waals surface area contributed by atoms with Gasteiger partial charge in [0.2, 0.25) is 5.88 Å². The summed E-state index contributed by atoms with van der Waals surface area (Å²) in [5, 5.41) is 4.10. The molecule has 0 radical (unpaired) electrons. The van der Waals surface area contributed by atoms with Crippen molar-refractivity contribution in [1.29, 1.82) is 0 Å². The summed E-state index contributed by atoms with van der Waals surface area (Å²) in [4.78, 5) is 4.44. The van der Waals surface area contributed by atoms with Gasteiger partial charge in [-0.25, -0.2) is 4.98 Å². The van der Waals surface area contributed by atoms with Gasteiger partial charge in [0.1, 0.15) is 5.75 Å². The average molecular weight is 305 g/mol. The number of hydrogen-bond donors (Lipinski definition) is 1. The third-order valence-electron chi connectivity index (χ3n) is 3.10. The summed E-state index contributed by atoms with van der Waals surface area (Å²) in [5.74, 6) is 1.40. The van der Waals surface area contributed by atoms with Gasteiger partial charge in [0, 0.05) is 23.3 Å². The molecule has 1 aromatic carbocycles. The second kappa shape index (κ2) is 7.43. The van der Waals surface area contributed by atoms with Gasteiger partial charge in [0.05, 0.1) is 0 Å². The highest BCUT2D eigenvalue weighted by Gasteiger charge is 2.06. The molecule has 0 aliphatic carbocycles. The van der Waals surface area contributed by atoms with Crippen LogP contribution in [0, 0.1) is 13.8 Å². The lowest BCUT2D eigenvalue weighted by Gasteiger charge is -2.11. The Bertz CT molecular complexity index is 614. The Morgan fingerprint density at radius 2 is 2.00 bits per heavy atom. The molecule has 0 bridgehead atoms. The Morgan fingerprint density at radius 3 is 2.71 bits per heavy atom. The van der Waals surface area contributed by atoms with Crippen molar-refractivity contribution in [2.24, 2.45) is 0 Å². The van der Waals surface area contributed by atoms with E-state index in [2.05, 4.69) is 23.3 Å². The standard InChI is InChI=1S/C17H21ClN2O/c1-4-7-19-11-14-9-13(3)20-17(10-14)21-16-6-5-15(18)8-12(16)2/h5-6,8-10,19H,4,7,11H2,1-3H3. The Kier molecular flexibility index (Phi) is 5.59. The van der Waals surface area contributed by atoms with Crippen LogP contribution in [0.15, 0.2) is 30.3 Å². The van der Waals surface area contributed by atoms with Gasteiger partial charge in [0.15, 0.2) is 0 Å². The van der Waals surface area contributed by atoms with Crippen molar-refractivity contribution in [1.82, 2.24) is 10.3 Å². The number of rotatable bonds is 6. The number of nitrogens with zero attached hydrogens (tertiary/aromatic N) is 1. The molecule has 1 heterocycles. The summed E-state index contributed by atoms with van der Waals surface area (Å²) in [6, 6.07) is 9.63. The molecule has 0 unspecified atom stereocenters. The van der Waals surface area contributed by atoms with Crippen LogP contribution in [0.5, 0.6) is 11.6 Å². The molecule has 2 aromatic rings. The first-order valence-corrected chi connectivity index (χ1v) is 7.58. The summed E-state index contributed by atoms with van der Waals surface area (Å²) in [7, 11) is 0. The molecule has 3 nitrogen and oxygen atoms in total. The fourth-order valence-corrected chi connectivity index (χ4v) is 2.34. The molecule has 1 aromatic heterocycles. The number of ether oxygens (including phenoxy) is 1. The van der Waals surface area contributed by atoms with E-state index in [0.717, 1.165) is 36.5 Å². The number of benzene rings is 1. The van der Waals surface area contributed by atoms with Crippen LogP contribution in [0.2, 0.25) is 5.02 Å². The molecule has 0 saturated heterocycles. The minimum Gasteiger partial charge on any atom is -0.439 e. The fraction of sp³-hybridized carbons (Fsp3) is 0.353. The highest BCUT2D eigenvalue weighted by Crippen LogP contribution is 2.27. The van der Waals surface area contributed by atoms with Gasteiger partial charge in [0.25, 0.3) is 0 Å². The maximum absolute atomic E-state index is 5.96. The molecule has 0 amide bonds. The number of aromatic nitrogens is 1. The first-order chi connectivity index (χ1) is 10.1. The maximum atomic E-state index is 5.96. The fourth-order valence-electron chi connectivity index (χ4n) is 2.11. The third kappa shape index (κ3) is 4.73. The average Bonchev–Trinajstić information content (AvgIpc) is 2.42. The van der Waals surface area contributed by atoms with E-state index in [1.165, 1.54) is 5.56 Å². The Balaban J connectivity index is 2.15. The summed E-state index contributed by atoms with van der Waals surface area (Å²) in [5.41, 5.74) is 3.13. The smallest absolute Gasteiger partial charge is 0.219 e. The van der Waals surface area contributed by atoms with E-state index >= 15 is 0 Å². The predicted octanol–water partition coefficient (Wildman–Crippen LogP) is 4.64. The van der Waals surface area contributed by atoms with Crippen LogP contribution in [0.1, 0.15) is 30.2 Å². The number of nitrogens with one attached hydrogen (secondary N) is 1. The van der Waals surface area contributed by atoms with Crippen molar-refractivity contribution in [3.8, 4) is 11.6 Å². The maximum Gasteiger partial charge on any atom is 0.219 e. The molecular formula is C17H21ClN2O. The summed E-state index contributed by atoms with van der Waals surface area (Å²) < 4.78 is 5.89. The molecular weight excluding hydrogens is 284 g/mol. The van der Waals surface area contributed by atoms with Gasteiger partial charge in [-0.1, -0.05) is 18.5 Å². The van der Waals surface area contributed by atoms with E-state index in [1.807, 2.05) is 38.1 Å². The molecule has 0 aliphatic rings. The minimum atomic E-state index is 0.619. The van der Waals surface area contributed by atoms with Crippen molar-refractivity contribution < 1.29 is 4.74 Å². The van der Waals surface area contributed by atoms with Crippen molar-refractivity contribution in [2.45, 2.75) is 33.7 Å². The Morgan fingerprint density at radius 1 is 1.19 bits per heavy atom. The van der Waals surface area contributed by atoms with Crippen molar-refractivity contribution >= 4 is 11.6 Å². The van der Waals surface area contributed by atoms with E-state index < -0.39 is 0 Å². The lowest BCUT2D eigenvalue weighted by molar-refractivity contribution is 0.457. The molecule has 0 saturated carbocycles. The zero-order chi connectivity index (χ0) is 15.2. The summed E-state index contributed by atoms with van der Waals surface area (Å²) in [6.07, 6.45) is 1.12. The number of pyridine rings is 1. The molecule has 112 valence electrons. The van der Waals surface area contributed by atoms with Gasteiger partial charge < -0.3 is 10.1 Å². The van der Waals surface area contributed by atoms with Crippen LogP contribution in [0.25, 0.3) is 0 Å². The predicted molar refractivity (Wildman–Crippen MR) is 87.2 cm³/mol. The van der Waals surface area contributed by atoms with Crippen molar-refractivity contribution in [3.63, 3.8) is 0 Å². The molecule has 0 aliphatic heterocycles. The van der Waals surface area contributed by atoms with Crippen LogP contribution in [-0.4, -0.2) is 11.5 Å². The van der Waals surface area contributed by atoms with E-state index in [1.54, 1.807) is 0 Å². The number of halogens is 1. The van der Waals surface area contributed by atoms with Crippen LogP contribution >= 0.6 is 11.6 Å². The monoisotopic (exact) mass is 304 g/mol. The molecule has 2 rings (SSSR count). The van der Waals surface area contributed by atoms with E-state index in [0.29, 0.717) is 10.9 Å². The van der Waals surface area contributed by atoms with Crippen LogP contribution < -0.4 is 10.1 Å². The molecule has 0 fully saturated rings. The Labute approximate surface area is 131 Å². The first kappa shape index (κ1) is 15.8. The van der Waals surface area contributed by atoms with Gasteiger partial charge in [-0.2, -0.15) is 0 Å². The first-order valence-electron chi connectivity index (χ1n) is 7.20. The topological polar surface area (TPSA) is 34.2 Å². The molecule has 4 heteroatoms. The lowest BCUT2D eigenvalue weighted by Crippen LogP contribution is -2.14. The molecule has 1 N–H and O–H groups in total. The van der Waals surface area contributed by atoms with E-state index in [9.17, 15) is 0 Å². The lowest BCUT2D eigenvalue weighted by atomic mass is 10.2. The SMILES string of the molecule is CCCNCc1cc(C)nc(Oc2ccc(Cl)cc2C)c1. The quantitative estimate of drug-likeness (QED) is 0.789. The van der Waals surface area contributed by atoms with Gasteiger partial charge >= 0.3 is 0 Å². The van der Waals surface area contributed by atoms with Crippen LogP contribution in [-0.2, 0) is 6.54 Å². The highest BCUT2D eigenvalue weighted by atomic mass is 35.5. The number of hydrogen-bond acceptors (Lipinski definition) is 3. The second-order valence-corrected chi connectivity index (χ2v) is 5.58. The van der Waals surface area contributed by atoms with Gasteiger partial charge in [-0.3, -0.25) is 0 Å². The van der Waals surface area contributed by atoms with Crippen molar-refractivity contribution in [3.05, 3.63) is 52.2 Å². The summed E-state index contributed by atoms with van der Waals surface area (Å²) in [6.45, 7) is 7.94. The minimum absolute atomic E-state index is 0.619.